The van der Waals surface area contributed by atoms with Crippen LogP contribution in [0.5, 0.6) is 5.75 Å². The summed E-state index contributed by atoms with van der Waals surface area (Å²) < 4.78 is 5.24. The van der Waals surface area contributed by atoms with E-state index >= 15 is 0 Å². The second-order valence-electron chi connectivity index (χ2n) is 4.41. The van der Waals surface area contributed by atoms with Gasteiger partial charge < -0.3 is 4.74 Å². The molecule has 0 aromatic heterocycles. The van der Waals surface area contributed by atoms with Crippen LogP contribution in [0, 0.1) is 5.92 Å². The minimum atomic E-state index is 0.204. The lowest BCUT2D eigenvalue weighted by Crippen LogP contribution is -2.29. The number of nitrogens with two attached hydrogens (primary N) is 1. The summed E-state index contributed by atoms with van der Waals surface area (Å²) >= 11 is 0. The maximum absolute atomic E-state index is 5.66. The number of rotatable bonds is 7. The summed E-state index contributed by atoms with van der Waals surface area (Å²) in [7, 11) is 1.69. The molecule has 0 radical (unpaired) electrons. The smallest absolute Gasteiger partial charge is 0.119 e. The Morgan fingerprint density at radius 1 is 1.29 bits per heavy atom. The Labute approximate surface area is 104 Å². The molecule has 17 heavy (non-hydrogen) atoms. The summed E-state index contributed by atoms with van der Waals surface area (Å²) in [6, 6.07) is 8.30. The highest BCUT2D eigenvalue weighted by atomic mass is 16.5. The SMILES string of the molecule is CCC(CC)CC(NN)c1cccc(OC)c1. The average Bonchev–Trinajstić information content (AvgIpc) is 2.40. The Morgan fingerprint density at radius 3 is 2.53 bits per heavy atom. The molecular weight excluding hydrogens is 212 g/mol. The predicted molar refractivity (Wildman–Crippen MR) is 71.7 cm³/mol. The van der Waals surface area contributed by atoms with Crippen LogP contribution in [0.2, 0.25) is 0 Å². The molecule has 3 heteroatoms. The average molecular weight is 236 g/mol. The first-order valence-electron chi connectivity index (χ1n) is 6.35. The molecule has 0 saturated heterocycles. The van der Waals surface area contributed by atoms with E-state index in [0.29, 0.717) is 5.92 Å². The van der Waals surface area contributed by atoms with Crippen LogP contribution in [0.1, 0.15) is 44.7 Å². The predicted octanol–water partition coefficient (Wildman–Crippen LogP) is 3.03. The van der Waals surface area contributed by atoms with Crippen molar-refractivity contribution in [3.63, 3.8) is 0 Å². The van der Waals surface area contributed by atoms with Gasteiger partial charge in [0.1, 0.15) is 5.75 Å². The Kier molecular flexibility index (Phi) is 6.01. The Balaban J connectivity index is 2.77. The van der Waals surface area contributed by atoms with Gasteiger partial charge in [-0.3, -0.25) is 11.3 Å². The largest absolute Gasteiger partial charge is 0.497 e. The molecule has 0 saturated carbocycles. The molecule has 3 N–H and O–H groups in total. The molecule has 0 aliphatic rings. The van der Waals surface area contributed by atoms with E-state index in [2.05, 4.69) is 25.3 Å². The second-order valence-corrected chi connectivity index (χ2v) is 4.41. The van der Waals surface area contributed by atoms with E-state index in [-0.39, 0.29) is 6.04 Å². The first-order chi connectivity index (χ1) is 8.24. The lowest BCUT2D eigenvalue weighted by molar-refractivity contribution is 0.372. The Bertz CT molecular complexity index is 324. The first-order valence-corrected chi connectivity index (χ1v) is 6.35. The quantitative estimate of drug-likeness (QED) is 0.565. The van der Waals surface area contributed by atoms with Crippen molar-refractivity contribution in [3.8, 4) is 5.75 Å². The van der Waals surface area contributed by atoms with Crippen molar-refractivity contribution in [1.29, 1.82) is 0 Å². The molecule has 0 fully saturated rings. The zero-order chi connectivity index (χ0) is 12.7. The minimum Gasteiger partial charge on any atom is -0.497 e. The summed E-state index contributed by atoms with van der Waals surface area (Å²) in [5.41, 5.74) is 4.11. The second kappa shape index (κ2) is 7.30. The third-order valence-electron chi connectivity index (χ3n) is 3.42. The van der Waals surface area contributed by atoms with Crippen LogP contribution in [0.15, 0.2) is 24.3 Å². The van der Waals surface area contributed by atoms with Gasteiger partial charge in [-0.25, -0.2) is 0 Å². The van der Waals surface area contributed by atoms with Crippen molar-refractivity contribution >= 4 is 0 Å². The fourth-order valence-electron chi connectivity index (χ4n) is 2.11. The van der Waals surface area contributed by atoms with Gasteiger partial charge in [-0.15, -0.1) is 0 Å². The van der Waals surface area contributed by atoms with Gasteiger partial charge in [-0.1, -0.05) is 38.8 Å². The molecule has 0 amide bonds. The molecule has 96 valence electrons. The van der Waals surface area contributed by atoms with E-state index in [0.717, 1.165) is 12.2 Å². The number of benzene rings is 1. The highest BCUT2D eigenvalue weighted by molar-refractivity contribution is 5.30. The van der Waals surface area contributed by atoms with Crippen LogP contribution in [0.4, 0.5) is 0 Å². The van der Waals surface area contributed by atoms with Crippen molar-refractivity contribution in [2.24, 2.45) is 11.8 Å². The Hall–Kier alpha value is -1.06. The number of hydrogen-bond acceptors (Lipinski definition) is 3. The highest BCUT2D eigenvalue weighted by Crippen LogP contribution is 2.26. The van der Waals surface area contributed by atoms with E-state index in [1.807, 2.05) is 18.2 Å². The summed E-state index contributed by atoms with van der Waals surface area (Å²) in [5, 5.41) is 0. The summed E-state index contributed by atoms with van der Waals surface area (Å²) in [5.74, 6) is 7.26. The molecule has 1 rings (SSSR count). The number of methoxy groups -OCH3 is 1. The molecule has 0 spiro atoms. The molecule has 1 aromatic carbocycles. The molecule has 0 bridgehead atoms. The zero-order valence-corrected chi connectivity index (χ0v) is 11.1. The highest BCUT2D eigenvalue weighted by Gasteiger charge is 2.15. The van der Waals surface area contributed by atoms with Crippen LogP contribution in [0.25, 0.3) is 0 Å². The van der Waals surface area contributed by atoms with Crippen molar-refractivity contribution in [1.82, 2.24) is 5.43 Å². The summed E-state index contributed by atoms with van der Waals surface area (Å²) in [6.45, 7) is 4.46. The number of hydrogen-bond donors (Lipinski definition) is 2. The third kappa shape index (κ3) is 4.02. The summed E-state index contributed by atoms with van der Waals surface area (Å²) in [6.07, 6.45) is 3.45. The third-order valence-corrected chi connectivity index (χ3v) is 3.42. The molecule has 1 aromatic rings. The van der Waals surface area contributed by atoms with E-state index in [4.69, 9.17) is 10.6 Å². The molecule has 0 aliphatic heterocycles. The maximum atomic E-state index is 5.66. The van der Waals surface area contributed by atoms with E-state index < -0.39 is 0 Å². The zero-order valence-electron chi connectivity index (χ0n) is 11.1. The monoisotopic (exact) mass is 236 g/mol. The fourth-order valence-corrected chi connectivity index (χ4v) is 2.11. The topological polar surface area (TPSA) is 47.3 Å². The number of ether oxygens (including phenoxy) is 1. The normalized spacial score (nSPS) is 12.8. The number of nitrogens with one attached hydrogen (secondary N) is 1. The van der Waals surface area contributed by atoms with Gasteiger partial charge in [0.25, 0.3) is 0 Å². The van der Waals surface area contributed by atoms with Gasteiger partial charge in [0.15, 0.2) is 0 Å². The standard InChI is InChI=1S/C14H24N2O/c1-4-11(5-2)9-14(16-15)12-7-6-8-13(10-12)17-3/h6-8,10-11,14,16H,4-5,9,15H2,1-3H3. The maximum Gasteiger partial charge on any atom is 0.119 e. The lowest BCUT2D eigenvalue weighted by Gasteiger charge is -2.22. The van der Waals surface area contributed by atoms with Crippen molar-refractivity contribution in [2.75, 3.05) is 7.11 Å². The van der Waals surface area contributed by atoms with Crippen LogP contribution in [-0.4, -0.2) is 7.11 Å². The van der Waals surface area contributed by atoms with Crippen molar-refractivity contribution < 1.29 is 4.74 Å². The van der Waals surface area contributed by atoms with Gasteiger partial charge in [0.2, 0.25) is 0 Å². The minimum absolute atomic E-state index is 0.204. The van der Waals surface area contributed by atoms with Crippen molar-refractivity contribution in [2.45, 2.75) is 39.2 Å². The first kappa shape index (κ1) is 14.0. The van der Waals surface area contributed by atoms with Gasteiger partial charge in [0.05, 0.1) is 7.11 Å². The lowest BCUT2D eigenvalue weighted by atomic mass is 9.91. The van der Waals surface area contributed by atoms with E-state index in [1.165, 1.54) is 18.4 Å². The van der Waals surface area contributed by atoms with E-state index in [9.17, 15) is 0 Å². The summed E-state index contributed by atoms with van der Waals surface area (Å²) in [4.78, 5) is 0. The van der Waals surface area contributed by atoms with Crippen LogP contribution in [-0.2, 0) is 0 Å². The van der Waals surface area contributed by atoms with Crippen molar-refractivity contribution in [3.05, 3.63) is 29.8 Å². The molecular formula is C14H24N2O. The van der Waals surface area contributed by atoms with Gasteiger partial charge in [-0.2, -0.15) is 0 Å². The molecule has 1 unspecified atom stereocenters. The fraction of sp³-hybridized carbons (Fsp3) is 0.571. The van der Waals surface area contributed by atoms with Crippen LogP contribution in [0.3, 0.4) is 0 Å². The van der Waals surface area contributed by atoms with E-state index in [1.54, 1.807) is 7.11 Å². The van der Waals surface area contributed by atoms with Gasteiger partial charge >= 0.3 is 0 Å². The van der Waals surface area contributed by atoms with Gasteiger partial charge in [-0.05, 0) is 30.0 Å². The Morgan fingerprint density at radius 2 is 2.00 bits per heavy atom. The molecule has 1 atom stereocenters. The van der Waals surface area contributed by atoms with Crippen LogP contribution < -0.4 is 16.0 Å². The number of hydrazine groups is 1. The van der Waals surface area contributed by atoms with Gasteiger partial charge in [0, 0.05) is 6.04 Å². The molecule has 0 heterocycles. The molecule has 0 aliphatic carbocycles. The van der Waals surface area contributed by atoms with Crippen LogP contribution >= 0.6 is 0 Å². The molecule has 3 nitrogen and oxygen atoms in total.